The summed E-state index contributed by atoms with van der Waals surface area (Å²) in [6.07, 6.45) is -5.48. The fourth-order valence-corrected chi connectivity index (χ4v) is 1.92. The van der Waals surface area contributed by atoms with E-state index in [-0.39, 0.29) is 17.0 Å². The predicted octanol–water partition coefficient (Wildman–Crippen LogP) is 3.98. The zero-order valence-electron chi connectivity index (χ0n) is 12.6. The van der Waals surface area contributed by atoms with E-state index in [1.807, 2.05) is 6.07 Å². The van der Waals surface area contributed by atoms with Gasteiger partial charge >= 0.3 is 6.18 Å². The SMILES string of the molecule is C[C@@H](Oc1ccccc1C#N)C(=O)Nc1cccc(C(F)(F)F)c1. The van der Waals surface area contributed by atoms with Crippen LogP contribution in [-0.4, -0.2) is 12.0 Å². The third kappa shape index (κ3) is 4.26. The second kappa shape index (κ2) is 7.04. The number of hydrogen-bond acceptors (Lipinski definition) is 3. The number of nitrogens with one attached hydrogen (secondary N) is 1. The number of nitriles is 1. The first kappa shape index (κ1) is 17.3. The zero-order valence-corrected chi connectivity index (χ0v) is 12.6. The highest BCUT2D eigenvalue weighted by Gasteiger charge is 2.30. The number of carbonyl (C=O) groups excluding carboxylic acids is 1. The Morgan fingerprint density at radius 1 is 1.21 bits per heavy atom. The van der Waals surface area contributed by atoms with E-state index in [4.69, 9.17) is 10.00 Å². The monoisotopic (exact) mass is 334 g/mol. The van der Waals surface area contributed by atoms with Gasteiger partial charge in [0.25, 0.3) is 5.91 Å². The summed E-state index contributed by atoms with van der Waals surface area (Å²) in [4.78, 5) is 12.1. The Morgan fingerprint density at radius 2 is 1.92 bits per heavy atom. The lowest BCUT2D eigenvalue weighted by atomic mass is 10.2. The van der Waals surface area contributed by atoms with Crippen LogP contribution in [0.1, 0.15) is 18.1 Å². The maximum atomic E-state index is 12.7. The van der Waals surface area contributed by atoms with E-state index in [1.54, 1.807) is 12.1 Å². The van der Waals surface area contributed by atoms with Crippen LogP contribution in [0.2, 0.25) is 0 Å². The number of anilines is 1. The van der Waals surface area contributed by atoms with Gasteiger partial charge in [-0.15, -0.1) is 0 Å². The largest absolute Gasteiger partial charge is 0.480 e. The number of rotatable bonds is 4. The molecule has 2 aromatic rings. The zero-order chi connectivity index (χ0) is 17.7. The van der Waals surface area contributed by atoms with Crippen molar-refractivity contribution in [3.63, 3.8) is 0 Å². The molecule has 0 saturated heterocycles. The van der Waals surface area contributed by atoms with Gasteiger partial charge in [0.05, 0.1) is 11.1 Å². The molecule has 0 aliphatic rings. The summed E-state index contributed by atoms with van der Waals surface area (Å²) in [5, 5.41) is 11.3. The van der Waals surface area contributed by atoms with E-state index < -0.39 is 23.8 Å². The van der Waals surface area contributed by atoms with Crippen LogP contribution in [0.3, 0.4) is 0 Å². The molecule has 0 heterocycles. The average molecular weight is 334 g/mol. The number of alkyl halides is 3. The molecule has 0 fully saturated rings. The molecule has 7 heteroatoms. The molecular formula is C17H13F3N2O2. The van der Waals surface area contributed by atoms with Gasteiger partial charge in [0.1, 0.15) is 11.8 Å². The fourth-order valence-electron chi connectivity index (χ4n) is 1.92. The summed E-state index contributed by atoms with van der Waals surface area (Å²) in [7, 11) is 0. The second-order valence-corrected chi connectivity index (χ2v) is 4.94. The Balaban J connectivity index is 2.08. The van der Waals surface area contributed by atoms with Crippen molar-refractivity contribution in [2.75, 3.05) is 5.32 Å². The van der Waals surface area contributed by atoms with E-state index in [0.717, 1.165) is 12.1 Å². The minimum atomic E-state index is -4.49. The van der Waals surface area contributed by atoms with E-state index in [0.29, 0.717) is 0 Å². The molecule has 0 aliphatic heterocycles. The first-order chi connectivity index (χ1) is 11.3. The average Bonchev–Trinajstić information content (AvgIpc) is 2.54. The molecule has 0 spiro atoms. The number of benzene rings is 2. The van der Waals surface area contributed by atoms with E-state index in [1.165, 1.54) is 31.2 Å². The summed E-state index contributed by atoms with van der Waals surface area (Å²) in [6, 6.07) is 12.6. The number of hydrogen-bond donors (Lipinski definition) is 1. The molecule has 0 unspecified atom stereocenters. The van der Waals surface area contributed by atoms with Gasteiger partial charge in [0, 0.05) is 5.69 Å². The highest BCUT2D eigenvalue weighted by atomic mass is 19.4. The fraction of sp³-hybridized carbons (Fsp3) is 0.176. The topological polar surface area (TPSA) is 62.1 Å². The van der Waals surface area contributed by atoms with Crippen molar-refractivity contribution in [1.82, 2.24) is 0 Å². The van der Waals surface area contributed by atoms with Crippen LogP contribution in [0.5, 0.6) is 5.75 Å². The van der Waals surface area contributed by atoms with E-state index >= 15 is 0 Å². The lowest BCUT2D eigenvalue weighted by Crippen LogP contribution is -2.30. The van der Waals surface area contributed by atoms with Crippen LogP contribution in [0.15, 0.2) is 48.5 Å². The molecule has 0 aromatic heterocycles. The van der Waals surface area contributed by atoms with Crippen LogP contribution in [0.25, 0.3) is 0 Å². The van der Waals surface area contributed by atoms with Gasteiger partial charge in [0.15, 0.2) is 6.10 Å². The Labute approximate surface area is 136 Å². The molecule has 24 heavy (non-hydrogen) atoms. The first-order valence-electron chi connectivity index (χ1n) is 6.95. The molecule has 0 bridgehead atoms. The molecule has 0 saturated carbocycles. The van der Waals surface area contributed by atoms with Crippen LogP contribution in [0.4, 0.5) is 18.9 Å². The lowest BCUT2D eigenvalue weighted by Gasteiger charge is -2.16. The van der Waals surface area contributed by atoms with Gasteiger partial charge in [-0.1, -0.05) is 18.2 Å². The highest BCUT2D eigenvalue weighted by molar-refractivity contribution is 5.94. The van der Waals surface area contributed by atoms with Crippen LogP contribution < -0.4 is 10.1 Å². The summed E-state index contributed by atoms with van der Waals surface area (Å²) in [5.41, 5.74) is -0.584. The number of amides is 1. The Hall–Kier alpha value is -3.01. The summed E-state index contributed by atoms with van der Waals surface area (Å²) in [5.74, 6) is -0.395. The van der Waals surface area contributed by atoms with Gasteiger partial charge in [0.2, 0.25) is 0 Å². The van der Waals surface area contributed by atoms with Crippen molar-refractivity contribution in [2.45, 2.75) is 19.2 Å². The number of nitrogens with zero attached hydrogens (tertiary/aromatic N) is 1. The molecule has 2 rings (SSSR count). The van der Waals surface area contributed by atoms with Crippen molar-refractivity contribution < 1.29 is 22.7 Å². The maximum Gasteiger partial charge on any atom is 0.416 e. The predicted molar refractivity (Wildman–Crippen MR) is 81.3 cm³/mol. The lowest BCUT2D eigenvalue weighted by molar-refractivity contribution is -0.137. The molecule has 0 aliphatic carbocycles. The maximum absolute atomic E-state index is 12.7. The quantitative estimate of drug-likeness (QED) is 0.920. The van der Waals surface area contributed by atoms with Crippen molar-refractivity contribution >= 4 is 11.6 Å². The Kier molecular flexibility index (Phi) is 5.09. The number of halogens is 3. The summed E-state index contributed by atoms with van der Waals surface area (Å²) < 4.78 is 43.4. The smallest absolute Gasteiger partial charge is 0.416 e. The summed E-state index contributed by atoms with van der Waals surface area (Å²) >= 11 is 0. The van der Waals surface area contributed by atoms with E-state index in [2.05, 4.69) is 5.32 Å². The van der Waals surface area contributed by atoms with Gasteiger partial charge in [-0.3, -0.25) is 4.79 Å². The Bertz CT molecular complexity index is 782. The third-order valence-corrected chi connectivity index (χ3v) is 3.14. The number of ether oxygens (including phenoxy) is 1. The standard InChI is InChI=1S/C17H13F3N2O2/c1-11(24-15-8-3-2-5-12(15)10-21)16(23)22-14-7-4-6-13(9-14)17(18,19)20/h2-9,11H,1H3,(H,22,23)/t11-/m1/s1. The first-order valence-corrected chi connectivity index (χ1v) is 6.95. The summed E-state index contributed by atoms with van der Waals surface area (Å²) in [6.45, 7) is 1.44. The highest BCUT2D eigenvalue weighted by Crippen LogP contribution is 2.30. The van der Waals surface area contributed by atoms with Crippen molar-refractivity contribution in [3.05, 3.63) is 59.7 Å². The number of carbonyl (C=O) groups is 1. The second-order valence-electron chi connectivity index (χ2n) is 4.94. The van der Waals surface area contributed by atoms with Gasteiger partial charge in [-0.05, 0) is 37.3 Å². The Morgan fingerprint density at radius 3 is 2.58 bits per heavy atom. The molecule has 1 N–H and O–H groups in total. The van der Waals surface area contributed by atoms with Crippen LogP contribution in [-0.2, 0) is 11.0 Å². The molecule has 1 atom stereocenters. The minimum absolute atomic E-state index is 0.0128. The molecular weight excluding hydrogens is 321 g/mol. The molecule has 0 radical (unpaired) electrons. The normalized spacial score (nSPS) is 12.1. The third-order valence-electron chi connectivity index (χ3n) is 3.14. The molecule has 1 amide bonds. The van der Waals surface area contributed by atoms with Crippen molar-refractivity contribution in [1.29, 1.82) is 5.26 Å². The van der Waals surface area contributed by atoms with Gasteiger partial charge < -0.3 is 10.1 Å². The van der Waals surface area contributed by atoms with Crippen LogP contribution in [0, 0.1) is 11.3 Å². The van der Waals surface area contributed by atoms with Gasteiger partial charge in [-0.2, -0.15) is 18.4 Å². The van der Waals surface area contributed by atoms with Gasteiger partial charge in [-0.25, -0.2) is 0 Å². The number of para-hydroxylation sites is 1. The van der Waals surface area contributed by atoms with E-state index in [9.17, 15) is 18.0 Å². The van der Waals surface area contributed by atoms with Crippen LogP contribution >= 0.6 is 0 Å². The van der Waals surface area contributed by atoms with Crippen molar-refractivity contribution in [3.8, 4) is 11.8 Å². The molecule has 2 aromatic carbocycles. The molecule has 4 nitrogen and oxygen atoms in total. The minimum Gasteiger partial charge on any atom is -0.480 e. The van der Waals surface area contributed by atoms with Crippen molar-refractivity contribution in [2.24, 2.45) is 0 Å². The molecule has 124 valence electrons.